The molecular weight excluding hydrogens is 1460 g/mol. The monoisotopic (exact) mass is 1460 g/mol. The molecule has 0 bridgehead atoms. The third-order valence-corrected chi connectivity index (χ3v) is 46.4. The second-order valence-corrected chi connectivity index (χ2v) is 46.1. The van der Waals surface area contributed by atoms with Crippen molar-refractivity contribution in [2.45, 2.75) is 23.0 Å². The van der Waals surface area contributed by atoms with Crippen molar-refractivity contribution in [2.75, 3.05) is 0 Å². The SMILES string of the molecule is O(C12c3c4c5c6c7c8c(c9c%10c1c1c3c3c%11c4c4c5c5c7c7c%12c8c8c9c9c%10c%10c1c1c3c3c%11c%11c4c4c5c7c5c7c%12c8c8c9c9c%10c1c1c3c3c%11c4c5c4c7c8c9c1c34)C62)C12c3c4c5c6c7c8c(c9c%10c1c1c3c3c%11c4c4c5c5c7c7c%12c8c8c9c9c%10c%10c1c1c3c3c%11c%11c4c4c5c7c5c7c%12c8c8c9c9c%10c1c1c3c3c%11c4c5c4c7c8c9c1c34)C62. The first kappa shape index (κ1) is 41.8. The molecule has 0 spiro atoms. The van der Waals surface area contributed by atoms with Crippen molar-refractivity contribution >= 4 is 582 Å². The van der Waals surface area contributed by atoms with Crippen LogP contribution in [0, 0.1) is 0 Å². The second-order valence-electron chi connectivity index (χ2n) is 46.1. The van der Waals surface area contributed by atoms with E-state index in [1.165, 1.54) is 0 Å². The molecule has 1 nitrogen and oxygen atoms in total. The predicted octanol–water partition coefficient (Wildman–Crippen LogP) is 33.2. The van der Waals surface area contributed by atoms with Gasteiger partial charge in [0.1, 0.15) is 11.2 Å². The van der Waals surface area contributed by atoms with Crippen LogP contribution in [0.4, 0.5) is 0 Å². The molecule has 0 saturated carbocycles. The van der Waals surface area contributed by atoms with Crippen LogP contribution in [0.15, 0.2) is 0 Å². The molecule has 64 rings (SSSR count). The third-order valence-electron chi connectivity index (χ3n) is 46.4. The van der Waals surface area contributed by atoms with Crippen molar-refractivity contribution in [1.82, 2.24) is 0 Å². The quantitative estimate of drug-likeness (QED) is 0.157. The van der Waals surface area contributed by atoms with Crippen molar-refractivity contribution in [1.29, 1.82) is 0 Å². The fourth-order valence-electron chi connectivity index (χ4n) is 46.8. The maximum absolute atomic E-state index is 11.3. The standard InChI is InChI=1S/C120H2O/c121(119-113-105-93-65-49-33-9-3-1-4-10(9)34-38-30-18(4)22-14-7(1)13-21-17(3)29-37(33)61(65)77-73-45(29)41(21)57-53-25(13)26(14)54-58-42(22)46(30)74-78-62(38)66(50(34)49)94(93)106(113)98(78)102-86(74)82(58)90-70(54)69(53)89-81(57)85(73)101(97(77)105)115(119)109(89)110(90)116(102)119)120-114-107-95-67-51-35-11-5-2-6-12(11)36-40-32-20(6)24-16-8(2)15-23-19(5)31-39(35)63(67)79-75-47(31)43(23)59-55-27(15)28(16)56-60-44(24)48(32)76-80-64(40)68(52(36)51)96(95)108(114)100(80)104-88(76)84(60)92-72(56)71(55)91-83(59)87(75)103(99(79)107)117(120)111(91)112(92)118(104)120/h113-114H. The molecule has 8 aliphatic rings. The summed E-state index contributed by atoms with van der Waals surface area (Å²) in [6.45, 7) is 0. The molecule has 0 amide bonds. The predicted molar refractivity (Wildman–Crippen MR) is 511 cm³/mol. The zero-order chi connectivity index (χ0) is 69.8. The summed E-state index contributed by atoms with van der Waals surface area (Å²) in [5.41, 5.74) is 11.5. The Hall–Kier alpha value is -15.1. The molecule has 0 aliphatic heterocycles. The van der Waals surface area contributed by atoms with E-state index in [1.54, 1.807) is 626 Å². The van der Waals surface area contributed by atoms with Crippen LogP contribution in [0.1, 0.15) is 56.3 Å². The van der Waals surface area contributed by atoms with E-state index >= 15 is 0 Å². The van der Waals surface area contributed by atoms with Gasteiger partial charge in [-0.15, -0.1) is 0 Å². The highest BCUT2D eigenvalue weighted by molar-refractivity contribution is 6.88. The molecule has 56 aromatic rings. The van der Waals surface area contributed by atoms with Gasteiger partial charge in [-0.05, 0) is 604 Å². The van der Waals surface area contributed by atoms with Gasteiger partial charge < -0.3 is 4.74 Å². The Morgan fingerprint density at radius 2 is 0.149 bits per heavy atom. The molecule has 8 aliphatic carbocycles. The number of ether oxygens (including phenoxy) is 1. The molecule has 0 atom stereocenters. The topological polar surface area (TPSA) is 9.23 Å². The number of rotatable bonds is 2. The Bertz CT molecular complexity index is 14100. The van der Waals surface area contributed by atoms with Crippen molar-refractivity contribution in [3.05, 3.63) is 44.5 Å². The van der Waals surface area contributed by atoms with E-state index in [0.29, 0.717) is 0 Å². The van der Waals surface area contributed by atoms with E-state index in [-0.39, 0.29) is 11.8 Å². The van der Waals surface area contributed by atoms with Gasteiger partial charge >= 0.3 is 0 Å². The summed E-state index contributed by atoms with van der Waals surface area (Å²) in [6, 6.07) is 0. The van der Waals surface area contributed by atoms with Gasteiger partial charge in [0.05, 0.1) is 0 Å². The highest BCUT2D eigenvalue weighted by atomic mass is 16.5. The van der Waals surface area contributed by atoms with Gasteiger partial charge in [-0.1, -0.05) is 0 Å². The van der Waals surface area contributed by atoms with Crippen LogP contribution in [0.5, 0.6) is 0 Å². The molecule has 0 fully saturated rings. The van der Waals surface area contributed by atoms with Crippen molar-refractivity contribution in [3.63, 3.8) is 0 Å². The Morgan fingerprint density at radius 3 is 0.248 bits per heavy atom. The second kappa shape index (κ2) is 9.14. The van der Waals surface area contributed by atoms with E-state index in [4.69, 9.17) is 0 Å². The average Bonchev–Trinajstić information content (AvgIpc) is 1.39. The average molecular weight is 1460 g/mol. The number of benzene rings is 36. The summed E-state index contributed by atoms with van der Waals surface area (Å²) >= 11 is 0. The zero-order valence-electron chi connectivity index (χ0n) is 60.6. The van der Waals surface area contributed by atoms with Crippen LogP contribution in [-0.4, -0.2) is 0 Å². The molecule has 0 heterocycles. The normalized spacial score (nSPS) is 22.3. The molecule has 0 saturated heterocycles. The molecule has 0 radical (unpaired) electrons. The molecule has 1 heteroatoms. The molecule has 488 valence electrons. The lowest BCUT2D eigenvalue weighted by Gasteiger charge is -2.54. The van der Waals surface area contributed by atoms with Gasteiger partial charge in [-0.3, -0.25) is 0 Å². The minimum Gasteiger partial charge on any atom is -0.347 e. The fraction of sp³-hybridized carbons (Fsp3) is 0.0333. The minimum absolute atomic E-state index is 0.0824. The molecular formula is C120H2O. The Balaban J connectivity index is 0.730. The van der Waals surface area contributed by atoms with Crippen LogP contribution in [-0.2, 0) is 15.9 Å². The lowest BCUT2D eigenvalue weighted by atomic mass is 9.61. The fourth-order valence-corrected chi connectivity index (χ4v) is 46.8. The summed E-state index contributed by atoms with van der Waals surface area (Å²) in [5.74, 6) is -0.165. The van der Waals surface area contributed by atoms with Crippen LogP contribution in [0.2, 0.25) is 0 Å². The smallest absolute Gasteiger partial charge is 0.133 e. The maximum atomic E-state index is 11.3. The highest BCUT2D eigenvalue weighted by Gasteiger charge is 2.72. The maximum Gasteiger partial charge on any atom is 0.133 e. The Kier molecular flexibility index (Phi) is 3.16. The van der Waals surface area contributed by atoms with Crippen LogP contribution in [0.3, 0.4) is 0 Å². The summed E-state index contributed by atoms with van der Waals surface area (Å²) in [4.78, 5) is 0. The van der Waals surface area contributed by atoms with Gasteiger partial charge in [-0.2, -0.15) is 0 Å². The minimum atomic E-state index is -0.965. The summed E-state index contributed by atoms with van der Waals surface area (Å²) in [7, 11) is 0. The molecule has 121 heavy (non-hydrogen) atoms. The van der Waals surface area contributed by atoms with E-state index < -0.39 is 11.2 Å². The van der Waals surface area contributed by atoms with Gasteiger partial charge in [0, 0.05) is 34.1 Å². The molecule has 56 aromatic carbocycles. The van der Waals surface area contributed by atoms with Crippen molar-refractivity contribution in [2.24, 2.45) is 0 Å². The first-order valence-electron chi connectivity index (χ1n) is 45.6. The van der Waals surface area contributed by atoms with E-state index in [9.17, 15) is 4.74 Å². The summed E-state index contributed by atoms with van der Waals surface area (Å²) < 4.78 is 11.3. The van der Waals surface area contributed by atoms with Crippen molar-refractivity contribution in [3.8, 4) is 0 Å². The first-order chi connectivity index (χ1) is 60.4. The van der Waals surface area contributed by atoms with Gasteiger partial charge in [0.25, 0.3) is 0 Å². The summed E-state index contributed by atoms with van der Waals surface area (Å²) in [5, 5.41) is 179. The lowest BCUT2D eigenvalue weighted by Crippen LogP contribution is -2.50. The Morgan fingerprint density at radius 1 is 0.0826 bits per heavy atom. The zero-order valence-corrected chi connectivity index (χ0v) is 60.6. The van der Waals surface area contributed by atoms with Crippen LogP contribution < -0.4 is 0 Å². The summed E-state index contributed by atoms with van der Waals surface area (Å²) in [6.07, 6.45) is 0. The van der Waals surface area contributed by atoms with Crippen LogP contribution in [0.25, 0.3) is 582 Å². The number of hydrogen-bond donors (Lipinski definition) is 0. The van der Waals surface area contributed by atoms with E-state index in [2.05, 4.69) is 0 Å². The Labute approximate surface area is 649 Å². The third kappa shape index (κ3) is 2.12. The molecule has 0 unspecified atom stereocenters. The molecule has 0 aromatic heterocycles. The van der Waals surface area contributed by atoms with Gasteiger partial charge in [-0.25, -0.2) is 0 Å². The lowest BCUT2D eigenvalue weighted by molar-refractivity contribution is -0.134. The van der Waals surface area contributed by atoms with E-state index in [0.717, 1.165) is 0 Å². The largest absolute Gasteiger partial charge is 0.347 e. The van der Waals surface area contributed by atoms with Gasteiger partial charge in [0.15, 0.2) is 0 Å². The molecule has 0 N–H and O–H groups in total. The first-order valence-corrected chi connectivity index (χ1v) is 45.6. The number of hydrogen-bond acceptors (Lipinski definition) is 1. The highest BCUT2D eigenvalue weighted by Crippen LogP contribution is 2.91. The van der Waals surface area contributed by atoms with E-state index in [1.807, 2.05) is 0 Å². The van der Waals surface area contributed by atoms with Crippen molar-refractivity contribution < 1.29 is 4.74 Å². The van der Waals surface area contributed by atoms with Crippen LogP contribution >= 0.6 is 0 Å². The van der Waals surface area contributed by atoms with Gasteiger partial charge in [0.2, 0.25) is 0 Å².